The molecule has 7 aliphatic heterocycles. The lowest BCUT2D eigenvalue weighted by Crippen LogP contribution is -2.82. The second-order valence-electron chi connectivity index (χ2n) is 38.4. The smallest absolute Gasteiger partial charge is 0.426 e. The van der Waals surface area contributed by atoms with Crippen LogP contribution in [0.3, 0.4) is 0 Å². The third-order valence-corrected chi connectivity index (χ3v) is 31.8. The summed E-state index contributed by atoms with van der Waals surface area (Å²) in [5, 5.41) is 144. The average molecular weight is 2040 g/mol. The van der Waals surface area contributed by atoms with E-state index in [1.807, 2.05) is 67.3 Å². The van der Waals surface area contributed by atoms with Gasteiger partial charge in [-0.2, -0.15) is 0 Å². The molecule has 5 fully saturated rings. The molecule has 22 atom stereocenters. The van der Waals surface area contributed by atoms with E-state index >= 15 is 9.59 Å². The molecule has 776 valence electrons. The number of para-hydroxylation sites is 1. The Labute approximate surface area is 832 Å². The summed E-state index contributed by atoms with van der Waals surface area (Å²) in [5.74, 6) is -6.60. The molecule has 1 aliphatic carbocycles. The number of hydrazine groups is 1. The molecule has 4 saturated heterocycles. The van der Waals surface area contributed by atoms with E-state index in [1.165, 1.54) is 43.3 Å². The zero-order valence-corrected chi connectivity index (χ0v) is 81.7. The monoisotopic (exact) mass is 2040 g/mol. The third kappa shape index (κ3) is 21.6. The molecule has 17 N–H and O–H groups in total. The molecule has 4 amide bonds. The number of carbonyl (C=O) groups excluding carboxylic acids is 7. The number of rotatable bonds is 43. The lowest BCUT2D eigenvalue weighted by molar-refractivity contribution is -0.294. The first-order chi connectivity index (χ1) is 69.1. The Kier molecular flexibility index (Phi) is 32.8. The summed E-state index contributed by atoms with van der Waals surface area (Å²) in [4.78, 5) is 162. The van der Waals surface area contributed by atoms with Crippen molar-refractivity contribution in [1.82, 2.24) is 86.2 Å². The van der Waals surface area contributed by atoms with Crippen LogP contribution in [0.4, 0.5) is 10.5 Å². The average Bonchev–Trinajstić information content (AvgIpc) is 1.47. The Morgan fingerprint density at radius 2 is 1.42 bits per heavy atom. The van der Waals surface area contributed by atoms with Gasteiger partial charge >= 0.3 is 18.0 Å². The highest BCUT2D eigenvalue weighted by Crippen LogP contribution is 2.68. The number of aliphatic hydroxyl groups excluding tert-OH is 7. The van der Waals surface area contributed by atoms with Crippen LogP contribution in [0.15, 0.2) is 96.2 Å². The molecule has 2 bridgehead atoms. The Bertz CT molecular complexity index is 6110. The van der Waals surface area contributed by atoms with E-state index in [0.29, 0.717) is 118 Å². The molecule has 12 heterocycles. The van der Waals surface area contributed by atoms with Crippen molar-refractivity contribution >= 4 is 103 Å². The quantitative estimate of drug-likeness (QED) is 0.00578. The molecule has 5 aromatic heterocycles. The van der Waals surface area contributed by atoms with Crippen LogP contribution in [0, 0.1) is 24.2 Å². The van der Waals surface area contributed by atoms with Gasteiger partial charge in [-0.25, -0.2) is 44.1 Å². The number of aliphatic carboxylic acids is 2. The molecule has 5 unspecified atom stereocenters. The molecule has 16 rings (SSSR count). The first-order valence-corrected chi connectivity index (χ1v) is 50.7. The van der Waals surface area contributed by atoms with Crippen LogP contribution in [0.2, 0.25) is 0 Å². The Morgan fingerprint density at radius 3 is 2.10 bits per heavy atom. The minimum atomic E-state index is -2.67. The fourth-order valence-corrected chi connectivity index (χ4v) is 24.3. The maximum atomic E-state index is 15.5. The lowest BCUT2D eigenvalue weighted by Gasteiger charge is -2.63. The van der Waals surface area contributed by atoms with Crippen molar-refractivity contribution in [3.8, 4) is 5.75 Å². The Hall–Kier alpha value is -11.4. The molecule has 0 radical (unpaired) electrons. The molecule has 1 saturated carbocycles. The lowest BCUT2D eigenvalue weighted by atomic mass is 9.47. The SMILES string of the molecule is CC[C@]1(O)C[C@H]2CN(CCc3c([nH]c4ccccc34)[C@@](COC=O)(c3cc4c(cc3OC)N(C)[C@H]3[C@@](O)(C(=O)NNC(=O)OCCSSCCNC(=O)[C@@H](CC(=O)[C@H](Cc5cn(CCO[C@@H]6OC(C(=O)O)[C@@H](O)[C@H](O)C6O)nn5)NC(=O)CCCCC(=O)c5ccc(CCc6cnc7nc(C)[nH]c(=O)c7n6)cc5)Cc5cn(CCO[C@@H]6OC(C(=O)O)[C@@H](O)[C@H](O)C6O)nn5)[C@H](O)[C@]5(CC)C=CCN6CC[C@]43[C@@H]65)C2)C1. The van der Waals surface area contributed by atoms with Crippen LogP contribution in [0.5, 0.6) is 5.75 Å². The van der Waals surface area contributed by atoms with Crippen molar-refractivity contribution in [1.29, 1.82) is 0 Å². The van der Waals surface area contributed by atoms with E-state index in [0.717, 1.165) is 33.3 Å². The number of aliphatic hydroxyl groups is 9. The maximum absolute atomic E-state index is 15.5. The number of methoxy groups -OCH3 is 1. The third-order valence-electron chi connectivity index (χ3n) is 29.5. The standard InChI is InChI=1S/C96H122N18O28S2/c1-6-92(134)42-53-43-94(49-137-50-115,79-60(23-28-111(45-53)48-92)59-13-8-9-14-63(59)103-79)62-40-61-65(41-68(62)136-5)110(4)88-95(61)25-29-112-27-12-24-93(7-2,87(95)112)89(131)96(88,135)90(132)106-107-91(133)140-34-36-144-143-35-26-97-81(125)55(37-57-46-113(108-104-57)30-32-138-85-75(123)71(119)73(121)77(141-85)83(127)128)38-67(117)64(39-58-47-114(109-105-58)31-33-139-86-76(124)72(120)74(122)78(142-86)84(129)130)102-69(118)16-11-10-15-66(116)54-20-17-52(18-21-54)19-22-56-44-98-80-70(101-56)82(126)100-51(3)99-80/h8-9,12-14,17-18,20-21,24,40-41,44,46-47,50,53,55,64,71-78,85-89,103,119-124,131,134-135H,6-7,10-11,15-16,19,22-23,25-39,42-43,45,48-49H2,1-5H3,(H,97,125)(H,102,118)(H,106,132)(H,107,133)(H,127,128)(H,129,130)(H,98,99,100,126)/t53-,55-,64+,71+,72+,73+,74+,75?,76?,77?,78?,85-,86-,87+,88-,89-,92+,93-,94+,95-,96+/m1/s1. The van der Waals surface area contributed by atoms with Gasteiger partial charge in [0.05, 0.1) is 85.7 Å². The van der Waals surface area contributed by atoms with Gasteiger partial charge in [0.1, 0.15) is 67.5 Å². The van der Waals surface area contributed by atoms with Gasteiger partial charge < -0.3 is 115 Å². The molecular formula is C96H122N18O28S2. The normalized spacial score (nSPS) is 28.8. The van der Waals surface area contributed by atoms with Crippen LogP contribution in [-0.2, 0) is 118 Å². The van der Waals surface area contributed by atoms with Gasteiger partial charge in [-0.05, 0) is 112 Å². The van der Waals surface area contributed by atoms with E-state index in [1.54, 1.807) is 39.4 Å². The largest absolute Gasteiger partial charge is 0.496 e. The van der Waals surface area contributed by atoms with Crippen molar-refractivity contribution in [2.24, 2.45) is 17.3 Å². The van der Waals surface area contributed by atoms with Crippen molar-refractivity contribution in [2.75, 3.05) is 96.3 Å². The number of nitrogens with zero attached hydrogens (tertiary/aromatic N) is 12. The highest BCUT2D eigenvalue weighted by molar-refractivity contribution is 8.76. The molecule has 1 spiro atoms. The van der Waals surface area contributed by atoms with Crippen LogP contribution in [-0.4, -0.2) is 363 Å². The molecular weight excluding hydrogens is 1920 g/mol. The summed E-state index contributed by atoms with van der Waals surface area (Å²) in [6, 6.07) is 16.0. The van der Waals surface area contributed by atoms with Gasteiger partial charge in [-0.15, -0.1) is 10.2 Å². The molecule has 48 heteroatoms. The minimum Gasteiger partial charge on any atom is -0.496 e. The van der Waals surface area contributed by atoms with Crippen LogP contribution < -0.4 is 36.7 Å². The number of hydrogen-bond acceptors (Lipinski definition) is 38. The Morgan fingerprint density at radius 1 is 0.743 bits per heavy atom. The van der Waals surface area contributed by atoms with Gasteiger partial charge in [0, 0.05) is 152 Å². The molecule has 144 heavy (non-hydrogen) atoms. The van der Waals surface area contributed by atoms with E-state index in [9.17, 15) is 94.5 Å². The van der Waals surface area contributed by atoms with Crippen LogP contribution >= 0.6 is 21.6 Å². The number of carbonyl (C=O) groups is 9. The number of nitrogens with one attached hydrogen (secondary N) is 6. The number of H-pyrrole nitrogens is 2. The summed E-state index contributed by atoms with van der Waals surface area (Å²) in [6.07, 6.45) is -10.6. The van der Waals surface area contributed by atoms with Gasteiger partial charge in [0.25, 0.3) is 17.9 Å². The zero-order valence-electron chi connectivity index (χ0n) is 80.0. The first-order valence-electron chi connectivity index (χ1n) is 48.2. The number of carboxylic acid groups (broad SMARTS) is 2. The number of anilines is 1. The van der Waals surface area contributed by atoms with Gasteiger partial charge in [-0.3, -0.25) is 48.8 Å². The number of carboxylic acids is 2. The number of unbranched alkanes of at least 4 members (excludes halogenated alkanes) is 1. The number of aromatic amines is 2. The summed E-state index contributed by atoms with van der Waals surface area (Å²) >= 11 is 0. The van der Waals surface area contributed by atoms with Crippen molar-refractivity contribution in [2.45, 2.75) is 238 Å². The number of aromatic nitrogens is 11. The second kappa shape index (κ2) is 44.9. The number of Topliss-reactive ketones (excluding diaryl/α,β-unsaturated/α-hetero) is 2. The van der Waals surface area contributed by atoms with Gasteiger partial charge in [0.15, 0.2) is 53.1 Å². The fraction of sp³-hybridized carbons (Fsp3) is 0.573. The van der Waals surface area contributed by atoms with E-state index in [4.69, 9.17) is 33.2 Å². The van der Waals surface area contributed by atoms with Crippen molar-refractivity contribution in [3.63, 3.8) is 0 Å². The number of hydrogen-bond donors (Lipinski definition) is 17. The molecule has 3 aromatic carbocycles. The number of piperidine rings is 1. The number of aryl methyl sites for hydroxylation is 3. The molecule has 8 aromatic rings. The fourth-order valence-electron chi connectivity index (χ4n) is 22.6. The minimum absolute atomic E-state index is 0.00334. The number of benzene rings is 3. The highest BCUT2D eigenvalue weighted by atomic mass is 33.1. The topological polar surface area (TPSA) is 647 Å². The summed E-state index contributed by atoms with van der Waals surface area (Å²) in [7, 11) is 5.87. The van der Waals surface area contributed by atoms with E-state index in [2.05, 4.69) is 89.0 Å². The number of amides is 4. The number of ketones is 2. The maximum Gasteiger partial charge on any atom is 0.426 e. The second-order valence-corrected chi connectivity index (χ2v) is 41.1. The molecule has 8 aliphatic rings. The number of likely N-dealkylation sites (N-methyl/N-ethyl adjacent to an activating group) is 1. The number of fused-ring (bicyclic) bond motifs is 7. The predicted molar refractivity (Wildman–Crippen MR) is 512 cm³/mol. The summed E-state index contributed by atoms with van der Waals surface area (Å²) in [5.41, 5.74) is 4.59. The van der Waals surface area contributed by atoms with E-state index in [-0.39, 0.29) is 137 Å². The van der Waals surface area contributed by atoms with Crippen molar-refractivity contribution < 1.29 is 132 Å². The number of ether oxygens (including phenoxy) is 7. The van der Waals surface area contributed by atoms with Crippen molar-refractivity contribution in [3.05, 3.63) is 158 Å². The van der Waals surface area contributed by atoms with Gasteiger partial charge in [0.2, 0.25) is 11.8 Å². The highest BCUT2D eigenvalue weighted by Gasteiger charge is 2.79. The summed E-state index contributed by atoms with van der Waals surface area (Å²) in [6.45, 7) is 7.61. The molecule has 46 nitrogen and oxygen atoms in total. The van der Waals surface area contributed by atoms with Gasteiger partial charge in [-0.1, -0.05) is 100 Å². The van der Waals surface area contributed by atoms with E-state index < -0.39 is 173 Å². The Balaban J connectivity index is 0.573. The predicted octanol–water partition coefficient (Wildman–Crippen LogP) is -0.388. The zero-order chi connectivity index (χ0) is 102. The first kappa shape index (κ1) is 105. The van der Waals surface area contributed by atoms with Crippen LogP contribution in [0.1, 0.15) is 139 Å². The summed E-state index contributed by atoms with van der Waals surface area (Å²) < 4.78 is 42.3. The van der Waals surface area contributed by atoms with Crippen LogP contribution in [0.25, 0.3) is 22.1 Å².